The molecule has 0 saturated carbocycles. The zero-order valence-electron chi connectivity index (χ0n) is 13.1. The molecule has 0 aliphatic rings. The molecule has 0 aliphatic carbocycles. The number of allylic oxidation sites excluding steroid dienone is 2. The maximum atomic E-state index is 12.5. The van der Waals surface area contributed by atoms with Gasteiger partial charge >= 0.3 is 0 Å². The zero-order chi connectivity index (χ0) is 16.2. The van der Waals surface area contributed by atoms with Crippen LogP contribution in [-0.4, -0.2) is 27.9 Å². The number of benzene rings is 2. The van der Waals surface area contributed by atoms with Crippen molar-refractivity contribution < 1.29 is 9.00 Å². The van der Waals surface area contributed by atoms with Crippen LogP contribution in [0.1, 0.15) is 21.5 Å². The number of ketones is 1. The van der Waals surface area contributed by atoms with Gasteiger partial charge in [-0.3, -0.25) is 9.00 Å². The number of hydrogen-bond acceptors (Lipinski definition) is 2. The van der Waals surface area contributed by atoms with E-state index in [0.29, 0.717) is 11.1 Å². The Bertz CT molecular complexity index is 816. The average Bonchev–Trinajstić information content (AvgIpc) is 2.46. The van der Waals surface area contributed by atoms with Crippen LogP contribution in [0, 0.1) is 6.92 Å². The number of rotatable bonds is 4. The Morgan fingerprint density at radius 3 is 2.14 bits per heavy atom. The van der Waals surface area contributed by atoms with E-state index in [-0.39, 0.29) is 5.78 Å². The van der Waals surface area contributed by atoms with Crippen molar-refractivity contribution in [3.05, 3.63) is 77.4 Å². The zero-order valence-corrected chi connectivity index (χ0v) is 13.9. The lowest BCUT2D eigenvalue weighted by molar-refractivity contribution is 0.104. The van der Waals surface area contributed by atoms with Crippen molar-refractivity contribution in [2.45, 2.75) is 6.92 Å². The molecule has 2 aromatic carbocycles. The summed E-state index contributed by atoms with van der Waals surface area (Å²) in [5, 5.41) is 1.68. The molecule has 0 heterocycles. The highest BCUT2D eigenvalue weighted by Crippen LogP contribution is 2.16. The van der Waals surface area contributed by atoms with Gasteiger partial charge in [0.05, 0.1) is 0 Å². The Labute approximate surface area is 132 Å². The standard InChI is InChI=1S/C19H20O2S/c1-15-9-7-8-12-18(15)19(20)13-17(14-22(2,3)21)16-10-5-4-6-11-16/h4-14H,1-3H3/b17-13+. The molecule has 2 rings (SSSR count). The van der Waals surface area contributed by atoms with Crippen LogP contribution in [-0.2, 0) is 9.52 Å². The van der Waals surface area contributed by atoms with E-state index in [1.807, 2.05) is 61.5 Å². The molecule has 0 spiro atoms. The summed E-state index contributed by atoms with van der Waals surface area (Å²) >= 11 is 0. The molecule has 0 saturated heterocycles. The molecule has 0 fully saturated rings. The van der Waals surface area contributed by atoms with Crippen molar-refractivity contribution in [1.82, 2.24) is 0 Å². The van der Waals surface area contributed by atoms with E-state index >= 15 is 0 Å². The van der Waals surface area contributed by atoms with E-state index in [4.69, 9.17) is 0 Å². The SMILES string of the molecule is Cc1ccccc1C(=O)/C=C(\C=S(C)(C)=O)c1ccccc1. The van der Waals surface area contributed by atoms with Crippen LogP contribution in [0.25, 0.3) is 5.57 Å². The maximum Gasteiger partial charge on any atom is 0.186 e. The summed E-state index contributed by atoms with van der Waals surface area (Å²) in [4.78, 5) is 12.5. The molecule has 114 valence electrons. The van der Waals surface area contributed by atoms with E-state index in [9.17, 15) is 9.00 Å². The molecule has 0 unspecified atom stereocenters. The Morgan fingerprint density at radius 1 is 0.955 bits per heavy atom. The number of carbonyl (C=O) groups excluding carboxylic acids is 1. The fourth-order valence-electron chi connectivity index (χ4n) is 2.19. The van der Waals surface area contributed by atoms with Crippen LogP contribution < -0.4 is 0 Å². The van der Waals surface area contributed by atoms with Crippen molar-refractivity contribution >= 4 is 26.2 Å². The van der Waals surface area contributed by atoms with Crippen LogP contribution in [0.4, 0.5) is 0 Å². The van der Waals surface area contributed by atoms with E-state index in [2.05, 4.69) is 0 Å². The quantitative estimate of drug-likeness (QED) is 0.491. The van der Waals surface area contributed by atoms with Crippen molar-refractivity contribution in [1.29, 1.82) is 0 Å². The van der Waals surface area contributed by atoms with Gasteiger partial charge in [-0.05, 0) is 44.6 Å². The topological polar surface area (TPSA) is 34.1 Å². The number of carbonyl (C=O) groups is 1. The second kappa shape index (κ2) is 6.75. The molecule has 2 aromatic rings. The van der Waals surface area contributed by atoms with E-state index in [1.165, 1.54) is 0 Å². The summed E-state index contributed by atoms with van der Waals surface area (Å²) in [5.74, 6) is -0.0724. The van der Waals surface area contributed by atoms with E-state index in [0.717, 1.165) is 11.1 Å². The fraction of sp³-hybridized carbons (Fsp3) is 0.158. The van der Waals surface area contributed by atoms with Gasteiger partial charge in [0.25, 0.3) is 0 Å². The van der Waals surface area contributed by atoms with Gasteiger partial charge in [0.15, 0.2) is 5.78 Å². The lowest BCUT2D eigenvalue weighted by atomic mass is 10.0. The number of hydrogen-bond donors (Lipinski definition) is 0. The smallest absolute Gasteiger partial charge is 0.186 e. The third-order valence-corrected chi connectivity index (χ3v) is 4.04. The molecular weight excluding hydrogens is 292 g/mol. The first-order chi connectivity index (χ1) is 10.4. The van der Waals surface area contributed by atoms with Gasteiger partial charge in [0, 0.05) is 18.1 Å². The first kappa shape index (κ1) is 16.2. The van der Waals surface area contributed by atoms with Crippen LogP contribution in [0.5, 0.6) is 0 Å². The monoisotopic (exact) mass is 312 g/mol. The second-order valence-electron chi connectivity index (χ2n) is 5.57. The van der Waals surface area contributed by atoms with Crippen LogP contribution in [0.15, 0.2) is 60.7 Å². The molecule has 0 atom stereocenters. The van der Waals surface area contributed by atoms with Crippen LogP contribution >= 0.6 is 0 Å². The molecule has 22 heavy (non-hydrogen) atoms. The summed E-state index contributed by atoms with van der Waals surface area (Å²) in [6.07, 6.45) is 4.91. The Hall–Kier alpha value is -2.13. The normalized spacial score (nSPS) is 12.0. The van der Waals surface area contributed by atoms with Gasteiger partial charge in [-0.1, -0.05) is 54.6 Å². The predicted molar refractivity (Wildman–Crippen MR) is 96.0 cm³/mol. The summed E-state index contributed by atoms with van der Waals surface area (Å²) in [7, 11) is -2.10. The predicted octanol–water partition coefficient (Wildman–Crippen LogP) is 3.61. The fourth-order valence-corrected chi connectivity index (χ4v) is 3.01. The van der Waals surface area contributed by atoms with Crippen molar-refractivity contribution in [2.24, 2.45) is 0 Å². The van der Waals surface area contributed by atoms with E-state index < -0.39 is 9.52 Å². The Balaban J connectivity index is 2.53. The summed E-state index contributed by atoms with van der Waals surface area (Å²) in [5.41, 5.74) is 3.19. The third-order valence-electron chi connectivity index (χ3n) is 3.22. The number of aryl methyl sites for hydroxylation is 1. The molecule has 0 aromatic heterocycles. The molecule has 0 bridgehead atoms. The minimum atomic E-state index is -2.10. The van der Waals surface area contributed by atoms with Gasteiger partial charge in [0.1, 0.15) is 0 Å². The first-order valence-electron chi connectivity index (χ1n) is 7.03. The summed E-state index contributed by atoms with van der Waals surface area (Å²) in [6, 6.07) is 17.0. The minimum Gasteiger partial charge on any atom is -0.289 e. The Morgan fingerprint density at radius 2 is 1.55 bits per heavy atom. The molecule has 0 amide bonds. The molecule has 2 nitrogen and oxygen atoms in total. The lowest BCUT2D eigenvalue weighted by Crippen LogP contribution is -2.04. The summed E-state index contributed by atoms with van der Waals surface area (Å²) < 4.78 is 12.1. The third kappa shape index (κ3) is 4.43. The van der Waals surface area contributed by atoms with Crippen LogP contribution in [0.3, 0.4) is 0 Å². The molecule has 0 radical (unpaired) electrons. The van der Waals surface area contributed by atoms with Crippen molar-refractivity contribution in [3.63, 3.8) is 0 Å². The maximum absolute atomic E-state index is 12.5. The highest BCUT2D eigenvalue weighted by atomic mass is 32.2. The molecule has 0 aliphatic heterocycles. The average molecular weight is 312 g/mol. The van der Waals surface area contributed by atoms with Gasteiger partial charge in [-0.2, -0.15) is 0 Å². The van der Waals surface area contributed by atoms with Gasteiger partial charge in [0.2, 0.25) is 0 Å². The highest BCUT2D eigenvalue weighted by molar-refractivity contribution is 8.00. The van der Waals surface area contributed by atoms with Crippen LogP contribution in [0.2, 0.25) is 0 Å². The largest absolute Gasteiger partial charge is 0.289 e. The highest BCUT2D eigenvalue weighted by Gasteiger charge is 2.08. The molecule has 0 N–H and O–H groups in total. The molecular formula is C19H20O2S. The van der Waals surface area contributed by atoms with Gasteiger partial charge in [-0.25, -0.2) is 0 Å². The lowest BCUT2D eigenvalue weighted by Gasteiger charge is -2.06. The molecule has 3 heteroatoms. The summed E-state index contributed by atoms with van der Waals surface area (Å²) in [6.45, 7) is 1.91. The Kier molecular flexibility index (Phi) is 4.99. The van der Waals surface area contributed by atoms with Gasteiger partial charge < -0.3 is 0 Å². The minimum absolute atomic E-state index is 0.0724. The van der Waals surface area contributed by atoms with Gasteiger partial charge in [-0.15, -0.1) is 0 Å². The van der Waals surface area contributed by atoms with E-state index in [1.54, 1.807) is 24.0 Å². The first-order valence-corrected chi connectivity index (χ1v) is 9.46. The second-order valence-corrected chi connectivity index (χ2v) is 8.43. The van der Waals surface area contributed by atoms with Crippen molar-refractivity contribution in [2.75, 3.05) is 12.5 Å². The van der Waals surface area contributed by atoms with Crippen molar-refractivity contribution in [3.8, 4) is 0 Å².